The van der Waals surface area contributed by atoms with Crippen molar-refractivity contribution in [2.24, 2.45) is 5.92 Å². The molecule has 1 aliphatic heterocycles. The van der Waals surface area contributed by atoms with Crippen LogP contribution in [0.2, 0.25) is 0 Å². The molecule has 1 fully saturated rings. The van der Waals surface area contributed by atoms with Crippen molar-refractivity contribution in [2.75, 3.05) is 38.1 Å². The molecule has 1 aromatic carbocycles. The van der Waals surface area contributed by atoms with Gasteiger partial charge in [0.2, 0.25) is 0 Å². The van der Waals surface area contributed by atoms with Crippen molar-refractivity contribution in [3.8, 4) is 0 Å². The fraction of sp³-hybridized carbons (Fsp3) is 0.562. The highest BCUT2D eigenvalue weighted by Crippen LogP contribution is 2.07. The van der Waals surface area contributed by atoms with Crippen molar-refractivity contribution in [1.82, 2.24) is 5.32 Å². The van der Waals surface area contributed by atoms with Crippen LogP contribution in [0.25, 0.3) is 0 Å². The van der Waals surface area contributed by atoms with E-state index in [4.69, 9.17) is 4.74 Å². The second-order valence-electron chi connectivity index (χ2n) is 6.14. The van der Waals surface area contributed by atoms with E-state index in [9.17, 15) is 9.18 Å². The summed E-state index contributed by atoms with van der Waals surface area (Å²) in [6.45, 7) is 8.70. The van der Waals surface area contributed by atoms with Crippen LogP contribution in [-0.4, -0.2) is 44.9 Å². The molecule has 22 heavy (non-hydrogen) atoms. The maximum Gasteiger partial charge on any atom is 0.319 e. The summed E-state index contributed by atoms with van der Waals surface area (Å²) in [7, 11) is 0. The first-order valence-corrected chi connectivity index (χ1v) is 7.78. The summed E-state index contributed by atoms with van der Waals surface area (Å²) in [4.78, 5) is 13.3. The lowest BCUT2D eigenvalue weighted by molar-refractivity contribution is -0.914. The first-order valence-electron chi connectivity index (χ1n) is 7.78. The fourth-order valence-corrected chi connectivity index (χ4v) is 2.66. The Morgan fingerprint density at radius 2 is 2.14 bits per heavy atom. The quantitative estimate of drug-likeness (QED) is 0.756. The molecule has 1 heterocycles. The molecule has 2 atom stereocenters. The molecule has 0 aliphatic carbocycles. The number of anilines is 1. The van der Waals surface area contributed by atoms with Gasteiger partial charge in [0.05, 0.1) is 19.7 Å². The van der Waals surface area contributed by atoms with Crippen molar-refractivity contribution in [1.29, 1.82) is 0 Å². The summed E-state index contributed by atoms with van der Waals surface area (Å²) in [5.74, 6) is 0.332. The minimum Gasteiger partial charge on any atom is -0.365 e. The lowest BCUT2D eigenvalue weighted by Crippen LogP contribution is -3.15. The molecule has 2 amide bonds. The van der Waals surface area contributed by atoms with Crippen LogP contribution in [0.4, 0.5) is 14.9 Å². The van der Waals surface area contributed by atoms with Gasteiger partial charge in [0.15, 0.2) is 0 Å². The van der Waals surface area contributed by atoms with E-state index < -0.39 is 0 Å². The molecule has 1 unspecified atom stereocenters. The standard InChI is InChI=1S/C16H24FN3O2/c1-12(2)10-20-7-8-22-15(11-20)9-18-16(21)19-14-5-3-13(17)4-6-14/h3-6,12,15H,7-11H2,1-2H3,(H2,18,19,21)/p+1/t15-/m0/s1. The van der Waals surface area contributed by atoms with Crippen LogP contribution in [0.5, 0.6) is 0 Å². The van der Waals surface area contributed by atoms with Gasteiger partial charge in [-0.2, -0.15) is 0 Å². The van der Waals surface area contributed by atoms with Crippen LogP contribution in [-0.2, 0) is 4.74 Å². The average molecular weight is 310 g/mol. The molecule has 6 heteroatoms. The third kappa shape index (κ3) is 5.61. The Bertz CT molecular complexity index is 479. The number of carbonyl (C=O) groups excluding carboxylic acids is 1. The third-order valence-electron chi connectivity index (χ3n) is 3.61. The van der Waals surface area contributed by atoms with Crippen molar-refractivity contribution in [3.05, 3.63) is 30.1 Å². The van der Waals surface area contributed by atoms with E-state index in [2.05, 4.69) is 24.5 Å². The third-order valence-corrected chi connectivity index (χ3v) is 3.61. The van der Waals surface area contributed by atoms with E-state index in [1.54, 1.807) is 0 Å². The number of morpholine rings is 1. The van der Waals surface area contributed by atoms with Crippen molar-refractivity contribution in [2.45, 2.75) is 20.0 Å². The Labute approximate surface area is 130 Å². The van der Waals surface area contributed by atoms with Crippen molar-refractivity contribution >= 4 is 11.7 Å². The number of quaternary nitrogens is 1. The predicted molar refractivity (Wildman–Crippen MR) is 83.6 cm³/mol. The van der Waals surface area contributed by atoms with Gasteiger partial charge < -0.3 is 20.3 Å². The van der Waals surface area contributed by atoms with Gasteiger partial charge in [-0.05, 0) is 24.3 Å². The average Bonchev–Trinajstić information content (AvgIpc) is 2.47. The highest BCUT2D eigenvalue weighted by molar-refractivity contribution is 5.89. The number of halogens is 1. The van der Waals surface area contributed by atoms with Gasteiger partial charge in [-0.25, -0.2) is 9.18 Å². The second kappa shape index (κ2) is 8.10. The summed E-state index contributed by atoms with van der Waals surface area (Å²) < 4.78 is 18.5. The monoisotopic (exact) mass is 310 g/mol. The van der Waals surface area contributed by atoms with Gasteiger partial charge in [-0.1, -0.05) is 13.8 Å². The molecule has 0 bridgehead atoms. The number of benzene rings is 1. The summed E-state index contributed by atoms with van der Waals surface area (Å²) in [6.07, 6.45) is 0.0430. The molecule has 2 rings (SSSR count). The number of carbonyl (C=O) groups is 1. The zero-order valence-electron chi connectivity index (χ0n) is 13.2. The smallest absolute Gasteiger partial charge is 0.319 e. The molecule has 122 valence electrons. The second-order valence-corrected chi connectivity index (χ2v) is 6.14. The summed E-state index contributed by atoms with van der Waals surface area (Å²) >= 11 is 0. The van der Waals surface area contributed by atoms with Crippen LogP contribution in [0.3, 0.4) is 0 Å². The Morgan fingerprint density at radius 3 is 2.82 bits per heavy atom. The van der Waals surface area contributed by atoms with Crippen LogP contribution < -0.4 is 15.5 Å². The SMILES string of the molecule is CC(C)C[NH+]1CCO[C@@H](CNC(=O)Nc2ccc(F)cc2)C1. The largest absolute Gasteiger partial charge is 0.365 e. The Balaban J connectivity index is 1.72. The van der Waals surface area contributed by atoms with Gasteiger partial charge in [0.25, 0.3) is 0 Å². The minimum absolute atomic E-state index is 0.0430. The maximum atomic E-state index is 12.8. The molecule has 0 radical (unpaired) electrons. The van der Waals surface area contributed by atoms with Crippen LogP contribution in [0.15, 0.2) is 24.3 Å². The molecule has 0 saturated carbocycles. The van der Waals surface area contributed by atoms with Crippen LogP contribution >= 0.6 is 0 Å². The van der Waals surface area contributed by atoms with Gasteiger partial charge in [-0.3, -0.25) is 0 Å². The molecule has 0 aromatic heterocycles. The van der Waals surface area contributed by atoms with Gasteiger partial charge in [0, 0.05) is 11.6 Å². The van der Waals surface area contributed by atoms with E-state index in [1.807, 2.05) is 0 Å². The number of hydrogen-bond donors (Lipinski definition) is 3. The Morgan fingerprint density at radius 1 is 1.41 bits per heavy atom. The fourth-order valence-electron chi connectivity index (χ4n) is 2.66. The number of ether oxygens (including phenoxy) is 1. The number of hydrogen-bond acceptors (Lipinski definition) is 2. The summed E-state index contributed by atoms with van der Waals surface area (Å²) in [5, 5.41) is 5.48. The van der Waals surface area contributed by atoms with Crippen LogP contribution in [0, 0.1) is 11.7 Å². The van der Waals surface area contributed by atoms with Crippen LogP contribution in [0.1, 0.15) is 13.8 Å². The molecule has 1 aromatic rings. The highest BCUT2D eigenvalue weighted by atomic mass is 19.1. The predicted octanol–water partition coefficient (Wildman–Crippen LogP) is 0.887. The lowest BCUT2D eigenvalue weighted by Gasteiger charge is -2.31. The maximum absolute atomic E-state index is 12.8. The molecular weight excluding hydrogens is 285 g/mol. The van der Waals surface area contributed by atoms with Gasteiger partial charge >= 0.3 is 6.03 Å². The highest BCUT2D eigenvalue weighted by Gasteiger charge is 2.24. The molecule has 0 spiro atoms. The minimum atomic E-state index is -0.324. The van der Waals surface area contributed by atoms with Crippen molar-refractivity contribution in [3.63, 3.8) is 0 Å². The zero-order valence-corrected chi connectivity index (χ0v) is 13.2. The number of amides is 2. The Hall–Kier alpha value is -1.66. The summed E-state index contributed by atoms with van der Waals surface area (Å²) in [5.41, 5.74) is 0.565. The van der Waals surface area contributed by atoms with E-state index in [1.165, 1.54) is 29.2 Å². The van der Waals surface area contributed by atoms with E-state index in [0.717, 1.165) is 26.2 Å². The summed E-state index contributed by atoms with van der Waals surface area (Å²) in [6, 6.07) is 5.38. The van der Waals surface area contributed by atoms with E-state index in [0.29, 0.717) is 18.2 Å². The normalized spacial score (nSPS) is 21.6. The molecule has 1 aliphatic rings. The molecule has 3 N–H and O–H groups in total. The van der Waals surface area contributed by atoms with Crippen molar-refractivity contribution < 1.29 is 18.8 Å². The lowest BCUT2D eigenvalue weighted by atomic mass is 10.2. The van der Waals surface area contributed by atoms with E-state index >= 15 is 0 Å². The first kappa shape index (κ1) is 16.7. The topological polar surface area (TPSA) is 54.8 Å². The van der Waals surface area contributed by atoms with Gasteiger partial charge in [-0.15, -0.1) is 0 Å². The number of rotatable bonds is 5. The molecule has 5 nitrogen and oxygen atoms in total. The number of urea groups is 1. The van der Waals surface area contributed by atoms with E-state index in [-0.39, 0.29) is 18.0 Å². The zero-order chi connectivity index (χ0) is 15.9. The first-order chi connectivity index (χ1) is 10.5. The molecule has 1 saturated heterocycles. The number of nitrogens with one attached hydrogen (secondary N) is 3. The Kier molecular flexibility index (Phi) is 6.15. The molecular formula is C16H25FN3O2+. The van der Waals surface area contributed by atoms with Gasteiger partial charge in [0.1, 0.15) is 25.0 Å².